The third kappa shape index (κ3) is 4.38. The number of aliphatic hydroxyl groups is 1. The molecule has 0 amide bonds. The van der Waals surface area contributed by atoms with Crippen LogP contribution in [0.4, 0.5) is 0 Å². The minimum Gasteiger partial charge on any atom is -0.386 e. The van der Waals surface area contributed by atoms with Crippen LogP contribution in [0.5, 0.6) is 0 Å². The number of rotatable bonds is 5. The summed E-state index contributed by atoms with van der Waals surface area (Å²) in [6.45, 7) is 10.4. The first kappa shape index (κ1) is 19.6. The van der Waals surface area contributed by atoms with Crippen molar-refractivity contribution >= 4 is 9.84 Å². The molecule has 0 saturated carbocycles. The molecule has 1 aromatic heterocycles. The monoisotopic (exact) mass is 381 g/mol. The first-order valence-electron chi connectivity index (χ1n) is 9.39. The fraction of sp³-hybridized carbons (Fsp3) is 0.737. The van der Waals surface area contributed by atoms with Crippen LogP contribution in [0.25, 0.3) is 0 Å². The molecule has 1 atom stereocenters. The Bertz CT molecular complexity index is 808. The van der Waals surface area contributed by atoms with Crippen LogP contribution < -0.4 is 0 Å². The van der Waals surface area contributed by atoms with E-state index in [1.165, 1.54) is 24.8 Å². The second kappa shape index (κ2) is 7.09. The Hall–Kier alpha value is -1.18. The average molecular weight is 382 g/mol. The molecule has 0 aromatic carbocycles. The van der Waals surface area contributed by atoms with Gasteiger partial charge in [0.2, 0.25) is 0 Å². The van der Waals surface area contributed by atoms with E-state index in [9.17, 15) is 13.5 Å². The summed E-state index contributed by atoms with van der Waals surface area (Å²) < 4.78 is 24.7. The van der Waals surface area contributed by atoms with Crippen molar-refractivity contribution in [2.45, 2.75) is 59.2 Å². The number of nitrogens with zero attached hydrogens (tertiary/aromatic N) is 3. The molecule has 3 rings (SSSR count). The second-order valence-corrected chi connectivity index (χ2v) is 10.8. The molecule has 7 heteroatoms. The Morgan fingerprint density at radius 3 is 2.73 bits per heavy atom. The Kier molecular flexibility index (Phi) is 5.34. The zero-order valence-corrected chi connectivity index (χ0v) is 17.1. The van der Waals surface area contributed by atoms with Gasteiger partial charge in [-0.1, -0.05) is 25.0 Å². The van der Waals surface area contributed by atoms with Gasteiger partial charge in [0, 0.05) is 25.9 Å². The van der Waals surface area contributed by atoms with Gasteiger partial charge in [-0.3, -0.25) is 9.58 Å². The van der Waals surface area contributed by atoms with Gasteiger partial charge in [0.05, 0.1) is 23.7 Å². The van der Waals surface area contributed by atoms with Crippen LogP contribution in [0.1, 0.15) is 57.5 Å². The van der Waals surface area contributed by atoms with E-state index in [4.69, 9.17) is 0 Å². The van der Waals surface area contributed by atoms with Crippen LogP contribution in [0.15, 0.2) is 17.2 Å². The van der Waals surface area contributed by atoms with Crippen LogP contribution in [0.2, 0.25) is 0 Å². The molecule has 1 N–H and O–H groups in total. The summed E-state index contributed by atoms with van der Waals surface area (Å²) >= 11 is 0. The van der Waals surface area contributed by atoms with Gasteiger partial charge in [-0.2, -0.15) is 5.10 Å². The van der Waals surface area contributed by atoms with Crippen molar-refractivity contribution in [2.75, 3.05) is 25.1 Å². The Morgan fingerprint density at radius 2 is 2.08 bits per heavy atom. The van der Waals surface area contributed by atoms with Gasteiger partial charge in [-0.05, 0) is 37.7 Å². The number of aromatic nitrogens is 2. The van der Waals surface area contributed by atoms with Gasteiger partial charge in [0.1, 0.15) is 15.9 Å². The maximum absolute atomic E-state index is 11.4. The van der Waals surface area contributed by atoms with E-state index in [0.717, 1.165) is 38.1 Å². The number of allylic oxidation sites excluding steroid dienone is 1. The van der Waals surface area contributed by atoms with Crippen molar-refractivity contribution < 1.29 is 13.5 Å². The van der Waals surface area contributed by atoms with E-state index in [1.807, 2.05) is 10.7 Å². The highest BCUT2D eigenvalue weighted by Gasteiger charge is 2.31. The molecular formula is C19H31N3O3S. The van der Waals surface area contributed by atoms with Crippen LogP contribution in [0, 0.1) is 5.41 Å². The normalized spacial score (nSPS) is 22.3. The van der Waals surface area contributed by atoms with Crippen LogP contribution >= 0.6 is 0 Å². The molecule has 1 aliphatic heterocycles. The Balaban J connectivity index is 1.72. The molecule has 2 aliphatic rings. The van der Waals surface area contributed by atoms with Crippen molar-refractivity contribution in [3.8, 4) is 0 Å². The van der Waals surface area contributed by atoms with Crippen molar-refractivity contribution in [1.82, 2.24) is 14.7 Å². The molecule has 6 nitrogen and oxygen atoms in total. The third-order valence-electron chi connectivity index (χ3n) is 5.77. The minimum atomic E-state index is -3.24. The van der Waals surface area contributed by atoms with Crippen LogP contribution in [-0.4, -0.2) is 53.3 Å². The average Bonchev–Trinajstić information content (AvgIpc) is 2.92. The summed E-state index contributed by atoms with van der Waals surface area (Å²) in [6.07, 6.45) is 3.80. The summed E-state index contributed by atoms with van der Waals surface area (Å²) in [5.74, 6) is -0.284. The quantitative estimate of drug-likeness (QED) is 0.792. The molecule has 1 aromatic rings. The maximum Gasteiger partial charge on any atom is 0.150 e. The van der Waals surface area contributed by atoms with E-state index >= 15 is 0 Å². The molecule has 0 unspecified atom stereocenters. The van der Waals surface area contributed by atoms with E-state index in [-0.39, 0.29) is 11.2 Å². The molecule has 26 heavy (non-hydrogen) atoms. The largest absolute Gasteiger partial charge is 0.386 e. The van der Waals surface area contributed by atoms with Crippen molar-refractivity contribution in [3.63, 3.8) is 0 Å². The molecule has 2 heterocycles. The van der Waals surface area contributed by atoms with Gasteiger partial charge in [0.15, 0.2) is 0 Å². The highest BCUT2D eigenvalue weighted by molar-refractivity contribution is 7.90. The number of hydrogen-bond acceptors (Lipinski definition) is 5. The lowest BCUT2D eigenvalue weighted by atomic mass is 9.72. The lowest BCUT2D eigenvalue weighted by Gasteiger charge is -2.38. The van der Waals surface area contributed by atoms with E-state index in [0.29, 0.717) is 5.69 Å². The standard InChI is InChI=1S/C19H31N3O3S/c1-14-6-5-7-19(2,3)16(14)12-21-8-9-22-15(11-21)10-17(20-22)18(23)13-26(4,24)25/h10,18,23H,5-9,11-13H2,1-4H3/t18-/m1/s1. The fourth-order valence-electron chi connectivity index (χ4n) is 4.26. The summed E-state index contributed by atoms with van der Waals surface area (Å²) in [5.41, 5.74) is 4.86. The molecular weight excluding hydrogens is 350 g/mol. The zero-order valence-electron chi connectivity index (χ0n) is 16.3. The topological polar surface area (TPSA) is 75.4 Å². The fourth-order valence-corrected chi connectivity index (χ4v) is 5.00. The third-order valence-corrected chi connectivity index (χ3v) is 6.69. The first-order chi connectivity index (χ1) is 12.0. The van der Waals surface area contributed by atoms with Gasteiger partial charge in [0.25, 0.3) is 0 Å². The number of fused-ring (bicyclic) bond motifs is 1. The molecule has 0 radical (unpaired) electrons. The van der Waals surface area contributed by atoms with Gasteiger partial charge < -0.3 is 5.11 Å². The number of hydrogen-bond donors (Lipinski definition) is 1. The summed E-state index contributed by atoms with van der Waals surface area (Å²) in [5, 5.41) is 14.6. The molecule has 1 aliphatic carbocycles. The second-order valence-electron chi connectivity index (χ2n) is 8.60. The number of aliphatic hydroxyl groups excluding tert-OH is 1. The molecule has 0 fully saturated rings. The first-order valence-corrected chi connectivity index (χ1v) is 11.4. The highest BCUT2D eigenvalue weighted by atomic mass is 32.2. The van der Waals surface area contributed by atoms with Crippen LogP contribution in [-0.2, 0) is 22.9 Å². The van der Waals surface area contributed by atoms with Crippen molar-refractivity contribution in [3.05, 3.63) is 28.6 Å². The van der Waals surface area contributed by atoms with Crippen molar-refractivity contribution in [2.24, 2.45) is 5.41 Å². The summed E-state index contributed by atoms with van der Waals surface area (Å²) in [6, 6.07) is 1.86. The van der Waals surface area contributed by atoms with E-state index < -0.39 is 15.9 Å². The van der Waals surface area contributed by atoms with E-state index in [1.54, 1.807) is 5.57 Å². The number of sulfone groups is 1. The Labute approximate surface area is 156 Å². The molecule has 0 saturated heterocycles. The molecule has 0 bridgehead atoms. The Morgan fingerprint density at radius 1 is 1.35 bits per heavy atom. The lowest BCUT2D eigenvalue weighted by Crippen LogP contribution is -2.38. The SMILES string of the molecule is CC1=C(CN2CCn3nc([C@H](O)CS(C)(=O)=O)cc3C2)C(C)(C)CCC1. The smallest absolute Gasteiger partial charge is 0.150 e. The summed E-state index contributed by atoms with van der Waals surface area (Å²) in [4.78, 5) is 2.44. The zero-order chi connectivity index (χ0) is 19.1. The lowest BCUT2D eigenvalue weighted by molar-refractivity contribution is 0.192. The van der Waals surface area contributed by atoms with Gasteiger partial charge >= 0.3 is 0 Å². The van der Waals surface area contributed by atoms with E-state index in [2.05, 4.69) is 30.8 Å². The predicted octanol–water partition coefficient (Wildman–Crippen LogP) is 2.30. The minimum absolute atomic E-state index is 0.261. The van der Waals surface area contributed by atoms with Crippen LogP contribution in [0.3, 0.4) is 0 Å². The molecule has 0 spiro atoms. The molecule has 146 valence electrons. The van der Waals surface area contributed by atoms with Gasteiger partial charge in [-0.25, -0.2) is 8.42 Å². The highest BCUT2D eigenvalue weighted by Crippen LogP contribution is 2.40. The maximum atomic E-state index is 11.4. The van der Waals surface area contributed by atoms with Crippen molar-refractivity contribution in [1.29, 1.82) is 0 Å². The van der Waals surface area contributed by atoms with Gasteiger partial charge in [-0.15, -0.1) is 0 Å². The summed E-state index contributed by atoms with van der Waals surface area (Å²) in [7, 11) is -3.24. The predicted molar refractivity (Wildman–Crippen MR) is 103 cm³/mol.